The van der Waals surface area contributed by atoms with Crippen LogP contribution >= 0.6 is 22.9 Å². The van der Waals surface area contributed by atoms with Crippen molar-refractivity contribution < 1.29 is 4.79 Å². The van der Waals surface area contributed by atoms with Gasteiger partial charge in [0.1, 0.15) is 0 Å². The van der Waals surface area contributed by atoms with E-state index in [0.29, 0.717) is 21.4 Å². The van der Waals surface area contributed by atoms with Crippen LogP contribution in [-0.4, -0.2) is 10.9 Å². The number of carbonyl (C=O) groups is 1. The van der Waals surface area contributed by atoms with Crippen LogP contribution in [0.2, 0.25) is 5.02 Å². The van der Waals surface area contributed by atoms with Crippen LogP contribution in [0.4, 0.5) is 10.8 Å². The lowest BCUT2D eigenvalue weighted by atomic mass is 10.2. The van der Waals surface area contributed by atoms with Crippen LogP contribution in [0.3, 0.4) is 0 Å². The molecule has 0 spiro atoms. The SMILES string of the molecule is Cc1nc(NC(=O)c2cc(Cl)ccc2N)sc1C. The number of anilines is 2. The molecule has 1 aromatic carbocycles. The van der Waals surface area contributed by atoms with Gasteiger partial charge in [-0.05, 0) is 32.0 Å². The van der Waals surface area contributed by atoms with Crippen molar-refractivity contribution in [2.45, 2.75) is 13.8 Å². The number of carbonyl (C=O) groups excluding carboxylic acids is 1. The highest BCUT2D eigenvalue weighted by Gasteiger charge is 2.13. The van der Waals surface area contributed by atoms with E-state index in [4.69, 9.17) is 17.3 Å². The molecule has 4 nitrogen and oxygen atoms in total. The third-order valence-electron chi connectivity index (χ3n) is 2.51. The van der Waals surface area contributed by atoms with Crippen molar-refractivity contribution in [3.05, 3.63) is 39.4 Å². The minimum atomic E-state index is -0.302. The van der Waals surface area contributed by atoms with Crippen molar-refractivity contribution in [3.63, 3.8) is 0 Å². The van der Waals surface area contributed by atoms with Crippen molar-refractivity contribution in [2.24, 2.45) is 0 Å². The molecule has 0 aliphatic carbocycles. The van der Waals surface area contributed by atoms with Gasteiger partial charge in [0.25, 0.3) is 5.91 Å². The maximum atomic E-state index is 12.0. The third kappa shape index (κ3) is 2.63. The van der Waals surface area contributed by atoms with E-state index in [9.17, 15) is 4.79 Å². The van der Waals surface area contributed by atoms with Crippen LogP contribution < -0.4 is 11.1 Å². The molecule has 0 aliphatic rings. The van der Waals surface area contributed by atoms with Gasteiger partial charge in [-0.2, -0.15) is 0 Å². The van der Waals surface area contributed by atoms with Gasteiger partial charge in [0.15, 0.2) is 5.13 Å². The summed E-state index contributed by atoms with van der Waals surface area (Å²) in [5.74, 6) is -0.302. The number of nitrogens with two attached hydrogens (primary N) is 1. The number of aromatic nitrogens is 1. The van der Waals surface area contributed by atoms with Gasteiger partial charge in [0.05, 0.1) is 11.3 Å². The number of amides is 1. The number of nitrogens with zero attached hydrogens (tertiary/aromatic N) is 1. The number of halogens is 1. The van der Waals surface area contributed by atoms with Gasteiger partial charge in [-0.25, -0.2) is 4.98 Å². The molecule has 0 saturated carbocycles. The maximum absolute atomic E-state index is 12.0. The molecule has 3 N–H and O–H groups in total. The Morgan fingerprint density at radius 2 is 2.17 bits per heavy atom. The number of hydrogen-bond acceptors (Lipinski definition) is 4. The van der Waals surface area contributed by atoms with E-state index in [1.807, 2.05) is 13.8 Å². The summed E-state index contributed by atoms with van der Waals surface area (Å²) in [6, 6.07) is 4.79. The van der Waals surface area contributed by atoms with Gasteiger partial charge < -0.3 is 5.73 Å². The number of benzene rings is 1. The molecular weight excluding hydrogens is 270 g/mol. The fraction of sp³-hybridized carbons (Fsp3) is 0.167. The largest absolute Gasteiger partial charge is 0.398 e. The fourth-order valence-electron chi connectivity index (χ4n) is 1.42. The summed E-state index contributed by atoms with van der Waals surface area (Å²) in [7, 11) is 0. The lowest BCUT2D eigenvalue weighted by Gasteiger charge is -2.05. The first-order valence-corrected chi connectivity index (χ1v) is 6.47. The van der Waals surface area contributed by atoms with Crippen LogP contribution in [-0.2, 0) is 0 Å². The van der Waals surface area contributed by atoms with E-state index in [2.05, 4.69) is 10.3 Å². The Balaban J connectivity index is 2.24. The first-order valence-electron chi connectivity index (χ1n) is 5.28. The highest BCUT2D eigenvalue weighted by molar-refractivity contribution is 7.15. The van der Waals surface area contributed by atoms with Crippen LogP contribution in [0.5, 0.6) is 0 Å². The Hall–Kier alpha value is -1.59. The fourth-order valence-corrected chi connectivity index (χ4v) is 2.40. The average molecular weight is 282 g/mol. The number of aryl methyl sites for hydroxylation is 2. The first kappa shape index (κ1) is 12.9. The van der Waals surface area contributed by atoms with Crippen LogP contribution in [0.25, 0.3) is 0 Å². The molecule has 1 aromatic heterocycles. The summed E-state index contributed by atoms with van der Waals surface area (Å²) in [5.41, 5.74) is 7.40. The molecule has 0 bridgehead atoms. The van der Waals surface area contributed by atoms with Crippen molar-refractivity contribution in [1.29, 1.82) is 0 Å². The highest BCUT2D eigenvalue weighted by Crippen LogP contribution is 2.23. The predicted molar refractivity (Wildman–Crippen MR) is 75.4 cm³/mol. The molecule has 0 unspecified atom stereocenters. The molecule has 18 heavy (non-hydrogen) atoms. The van der Waals surface area contributed by atoms with E-state index in [-0.39, 0.29) is 5.91 Å². The van der Waals surface area contributed by atoms with Gasteiger partial charge in [0, 0.05) is 15.6 Å². The van der Waals surface area contributed by atoms with Crippen molar-refractivity contribution >= 4 is 39.7 Å². The normalized spacial score (nSPS) is 10.4. The van der Waals surface area contributed by atoms with Gasteiger partial charge in [0.2, 0.25) is 0 Å². The quantitative estimate of drug-likeness (QED) is 0.830. The van der Waals surface area contributed by atoms with E-state index >= 15 is 0 Å². The summed E-state index contributed by atoms with van der Waals surface area (Å²) in [4.78, 5) is 17.3. The Kier molecular flexibility index (Phi) is 3.54. The Bertz CT molecular complexity index is 590. The summed E-state index contributed by atoms with van der Waals surface area (Å²) in [6.07, 6.45) is 0. The van der Waals surface area contributed by atoms with E-state index in [1.54, 1.807) is 18.2 Å². The maximum Gasteiger partial charge on any atom is 0.259 e. The minimum absolute atomic E-state index is 0.302. The van der Waals surface area contributed by atoms with Gasteiger partial charge in [-0.3, -0.25) is 10.1 Å². The average Bonchev–Trinajstić information content (AvgIpc) is 2.61. The lowest BCUT2D eigenvalue weighted by Crippen LogP contribution is -2.13. The van der Waals surface area contributed by atoms with E-state index < -0.39 is 0 Å². The number of hydrogen-bond donors (Lipinski definition) is 2. The molecule has 2 rings (SSSR count). The Morgan fingerprint density at radius 3 is 2.78 bits per heavy atom. The van der Waals surface area contributed by atoms with Gasteiger partial charge >= 0.3 is 0 Å². The van der Waals surface area contributed by atoms with Gasteiger partial charge in [-0.1, -0.05) is 11.6 Å². The van der Waals surface area contributed by atoms with Crippen molar-refractivity contribution in [1.82, 2.24) is 4.98 Å². The monoisotopic (exact) mass is 281 g/mol. The molecule has 1 amide bonds. The Morgan fingerprint density at radius 1 is 1.44 bits per heavy atom. The second-order valence-electron chi connectivity index (χ2n) is 3.85. The van der Waals surface area contributed by atoms with Crippen LogP contribution in [0.1, 0.15) is 20.9 Å². The molecule has 0 saturated heterocycles. The zero-order valence-electron chi connectivity index (χ0n) is 9.95. The first-order chi connectivity index (χ1) is 8.47. The third-order valence-corrected chi connectivity index (χ3v) is 3.73. The number of nitrogens with one attached hydrogen (secondary N) is 1. The molecule has 0 atom stereocenters. The number of nitrogen functional groups attached to an aromatic ring is 1. The second-order valence-corrected chi connectivity index (χ2v) is 5.49. The summed E-state index contributed by atoms with van der Waals surface area (Å²) in [6.45, 7) is 3.85. The molecule has 0 radical (unpaired) electrons. The zero-order valence-corrected chi connectivity index (χ0v) is 11.5. The molecule has 94 valence electrons. The second kappa shape index (κ2) is 4.96. The summed E-state index contributed by atoms with van der Waals surface area (Å²) >= 11 is 7.28. The van der Waals surface area contributed by atoms with E-state index in [1.165, 1.54) is 11.3 Å². The van der Waals surface area contributed by atoms with Crippen LogP contribution in [0, 0.1) is 13.8 Å². The standard InChI is InChI=1S/C12H12ClN3OS/c1-6-7(2)18-12(15-6)16-11(17)9-5-8(13)3-4-10(9)14/h3-5H,14H2,1-2H3,(H,15,16,17). The molecule has 0 fully saturated rings. The topological polar surface area (TPSA) is 68.0 Å². The smallest absolute Gasteiger partial charge is 0.259 e. The highest BCUT2D eigenvalue weighted by atomic mass is 35.5. The van der Waals surface area contributed by atoms with Gasteiger partial charge in [-0.15, -0.1) is 11.3 Å². The van der Waals surface area contributed by atoms with Crippen molar-refractivity contribution in [2.75, 3.05) is 11.1 Å². The molecular formula is C12H12ClN3OS. The van der Waals surface area contributed by atoms with Crippen LogP contribution in [0.15, 0.2) is 18.2 Å². The molecule has 2 aromatic rings. The minimum Gasteiger partial charge on any atom is -0.398 e. The van der Waals surface area contributed by atoms with Crippen molar-refractivity contribution in [3.8, 4) is 0 Å². The van der Waals surface area contributed by atoms with E-state index in [0.717, 1.165) is 10.6 Å². The lowest BCUT2D eigenvalue weighted by molar-refractivity contribution is 0.102. The predicted octanol–water partition coefficient (Wildman–Crippen LogP) is 3.25. The summed E-state index contributed by atoms with van der Waals surface area (Å²) < 4.78 is 0. The summed E-state index contributed by atoms with van der Waals surface area (Å²) in [5, 5.41) is 3.75. The molecule has 1 heterocycles. The Labute approximate surface area is 114 Å². The number of rotatable bonds is 2. The molecule has 0 aliphatic heterocycles. The molecule has 6 heteroatoms. The zero-order chi connectivity index (χ0) is 13.3. The number of thiazole rings is 1.